The van der Waals surface area contributed by atoms with Crippen molar-refractivity contribution in [1.29, 1.82) is 0 Å². The second-order valence-electron chi connectivity index (χ2n) is 13.5. The molecule has 0 atom stereocenters. The predicted octanol–water partition coefficient (Wildman–Crippen LogP) is 12.1. The van der Waals surface area contributed by atoms with Crippen molar-refractivity contribution in [2.24, 2.45) is 0 Å². The fraction of sp³-hybridized carbons (Fsp3) is 0.0200. The molecule has 3 nitrogen and oxygen atoms in total. The molecule has 0 saturated carbocycles. The van der Waals surface area contributed by atoms with Crippen molar-refractivity contribution in [3.8, 4) is 56.4 Å². The summed E-state index contributed by atoms with van der Waals surface area (Å²) in [6.07, 6.45) is 0. The molecule has 9 aromatic rings. The number of hydrogen-bond acceptors (Lipinski definition) is 3. The first-order chi connectivity index (χ1) is 26.3. The van der Waals surface area contributed by atoms with E-state index in [1.807, 2.05) is 60.7 Å². The number of nitrogens with zero attached hydrogens (tertiary/aromatic N) is 3. The van der Waals surface area contributed by atoms with Crippen molar-refractivity contribution in [3.05, 3.63) is 222 Å². The average Bonchev–Trinajstić information content (AvgIpc) is 3.54. The van der Waals surface area contributed by atoms with Gasteiger partial charge in [0, 0.05) is 16.7 Å². The highest BCUT2D eigenvalue weighted by atomic mass is 15.0. The molecule has 1 aromatic heterocycles. The van der Waals surface area contributed by atoms with Gasteiger partial charge in [0.1, 0.15) is 0 Å². The standard InChI is InChI=1S/C50H33N3/c1-5-17-35(18-6-1)47-51-48(36-19-7-2-8-20-36)53-49(52-47)37-31-29-34(30-32-37)45-41-26-14-13-21-38(41)33-44-46(45)42-27-15-16-28-43(42)50(44,39-22-9-3-10-23-39)40-24-11-4-12-25-40/h1-33H. The molecule has 0 amide bonds. The number of rotatable bonds is 6. The Balaban J connectivity index is 1.20. The first-order valence-corrected chi connectivity index (χ1v) is 18.0. The second kappa shape index (κ2) is 12.7. The van der Waals surface area contributed by atoms with Crippen molar-refractivity contribution >= 4 is 10.8 Å². The SMILES string of the molecule is c1ccc(-c2nc(-c3ccccc3)nc(-c3ccc(-c4c5c(cc6ccccc46)C(c4ccccc4)(c4ccccc4)c4ccccc4-5)cc3)n2)cc1. The number of fused-ring (bicyclic) bond motifs is 4. The molecule has 8 aromatic carbocycles. The predicted molar refractivity (Wildman–Crippen MR) is 216 cm³/mol. The van der Waals surface area contributed by atoms with Gasteiger partial charge in [0.2, 0.25) is 0 Å². The third-order valence-electron chi connectivity index (χ3n) is 10.6. The summed E-state index contributed by atoms with van der Waals surface area (Å²) in [5.74, 6) is 1.95. The maximum absolute atomic E-state index is 5.00. The monoisotopic (exact) mass is 675 g/mol. The van der Waals surface area contributed by atoms with Crippen LogP contribution in [0.3, 0.4) is 0 Å². The van der Waals surface area contributed by atoms with Crippen molar-refractivity contribution in [2.45, 2.75) is 5.41 Å². The molecular formula is C50H33N3. The van der Waals surface area contributed by atoms with Gasteiger partial charge in [-0.15, -0.1) is 0 Å². The topological polar surface area (TPSA) is 38.7 Å². The van der Waals surface area contributed by atoms with Gasteiger partial charge in [-0.3, -0.25) is 0 Å². The van der Waals surface area contributed by atoms with Crippen LogP contribution in [0.15, 0.2) is 200 Å². The van der Waals surface area contributed by atoms with Gasteiger partial charge in [-0.1, -0.05) is 194 Å². The van der Waals surface area contributed by atoms with Crippen molar-refractivity contribution in [1.82, 2.24) is 15.0 Å². The largest absolute Gasteiger partial charge is 0.208 e. The highest BCUT2D eigenvalue weighted by molar-refractivity contribution is 6.09. The summed E-state index contributed by atoms with van der Waals surface area (Å²) in [6, 6.07) is 71.2. The van der Waals surface area contributed by atoms with E-state index in [-0.39, 0.29) is 0 Å². The number of benzene rings is 8. The zero-order valence-corrected chi connectivity index (χ0v) is 28.9. The second-order valence-corrected chi connectivity index (χ2v) is 13.5. The first-order valence-electron chi connectivity index (χ1n) is 18.0. The van der Waals surface area contributed by atoms with Crippen molar-refractivity contribution < 1.29 is 0 Å². The minimum Gasteiger partial charge on any atom is -0.208 e. The summed E-state index contributed by atoms with van der Waals surface area (Å²) in [5.41, 5.74) is 12.4. The van der Waals surface area contributed by atoms with Gasteiger partial charge >= 0.3 is 0 Å². The Kier molecular flexibility index (Phi) is 7.36. The molecule has 0 N–H and O–H groups in total. The lowest BCUT2D eigenvalue weighted by atomic mass is 9.67. The smallest absolute Gasteiger partial charge is 0.164 e. The Morgan fingerprint density at radius 2 is 0.755 bits per heavy atom. The zero-order chi connectivity index (χ0) is 35.2. The molecule has 10 rings (SSSR count). The zero-order valence-electron chi connectivity index (χ0n) is 28.9. The minimum atomic E-state index is -0.486. The van der Waals surface area contributed by atoms with Crippen LogP contribution in [0.5, 0.6) is 0 Å². The van der Waals surface area contributed by atoms with Gasteiger partial charge in [0.15, 0.2) is 17.5 Å². The lowest BCUT2D eigenvalue weighted by Crippen LogP contribution is -2.28. The minimum absolute atomic E-state index is 0.486. The lowest BCUT2D eigenvalue weighted by Gasteiger charge is -2.34. The summed E-state index contributed by atoms with van der Waals surface area (Å²) in [5, 5.41) is 2.44. The summed E-state index contributed by atoms with van der Waals surface area (Å²) >= 11 is 0. The molecule has 3 heteroatoms. The van der Waals surface area contributed by atoms with E-state index >= 15 is 0 Å². The maximum atomic E-state index is 5.00. The molecule has 1 aliphatic rings. The van der Waals surface area contributed by atoms with Crippen LogP contribution in [0.2, 0.25) is 0 Å². The van der Waals surface area contributed by atoms with E-state index in [4.69, 9.17) is 15.0 Å². The van der Waals surface area contributed by atoms with Gasteiger partial charge in [-0.05, 0) is 61.3 Å². The van der Waals surface area contributed by atoms with E-state index < -0.39 is 5.41 Å². The lowest BCUT2D eigenvalue weighted by molar-refractivity contribution is 0.769. The van der Waals surface area contributed by atoms with E-state index in [9.17, 15) is 0 Å². The molecule has 1 aliphatic carbocycles. The number of aromatic nitrogens is 3. The van der Waals surface area contributed by atoms with E-state index in [1.165, 1.54) is 49.7 Å². The van der Waals surface area contributed by atoms with Crippen LogP contribution < -0.4 is 0 Å². The molecule has 0 saturated heterocycles. The first kappa shape index (κ1) is 30.8. The third-order valence-corrected chi connectivity index (χ3v) is 10.6. The van der Waals surface area contributed by atoms with Gasteiger partial charge in [-0.25, -0.2) is 15.0 Å². The van der Waals surface area contributed by atoms with Crippen LogP contribution in [-0.2, 0) is 5.41 Å². The molecule has 0 unspecified atom stereocenters. The Morgan fingerprint density at radius 3 is 1.32 bits per heavy atom. The third kappa shape index (κ3) is 5.01. The molecule has 0 fully saturated rings. The molecule has 0 radical (unpaired) electrons. The van der Waals surface area contributed by atoms with E-state index in [2.05, 4.69) is 140 Å². The maximum Gasteiger partial charge on any atom is 0.164 e. The van der Waals surface area contributed by atoms with Crippen LogP contribution in [0, 0.1) is 0 Å². The summed E-state index contributed by atoms with van der Waals surface area (Å²) < 4.78 is 0. The fourth-order valence-corrected chi connectivity index (χ4v) is 8.28. The highest BCUT2D eigenvalue weighted by Crippen LogP contribution is 2.59. The van der Waals surface area contributed by atoms with Crippen LogP contribution >= 0.6 is 0 Å². The number of hydrogen-bond donors (Lipinski definition) is 0. The van der Waals surface area contributed by atoms with Gasteiger partial charge in [0.25, 0.3) is 0 Å². The van der Waals surface area contributed by atoms with Crippen molar-refractivity contribution in [2.75, 3.05) is 0 Å². The molecule has 1 heterocycles. The Hall–Kier alpha value is -6.97. The van der Waals surface area contributed by atoms with E-state index in [1.54, 1.807) is 0 Å². The van der Waals surface area contributed by atoms with Crippen molar-refractivity contribution in [3.63, 3.8) is 0 Å². The summed E-state index contributed by atoms with van der Waals surface area (Å²) in [6.45, 7) is 0. The Labute approximate surface area is 309 Å². The van der Waals surface area contributed by atoms with Gasteiger partial charge in [-0.2, -0.15) is 0 Å². The molecule has 248 valence electrons. The normalized spacial score (nSPS) is 12.7. The average molecular weight is 676 g/mol. The van der Waals surface area contributed by atoms with Crippen LogP contribution in [0.1, 0.15) is 22.3 Å². The molecule has 0 aliphatic heterocycles. The summed E-state index contributed by atoms with van der Waals surface area (Å²) in [7, 11) is 0. The summed E-state index contributed by atoms with van der Waals surface area (Å²) in [4.78, 5) is 14.9. The molecular weight excluding hydrogens is 643 g/mol. The van der Waals surface area contributed by atoms with E-state index in [0.29, 0.717) is 17.5 Å². The Bertz CT molecular complexity index is 2650. The molecule has 53 heavy (non-hydrogen) atoms. The highest BCUT2D eigenvalue weighted by Gasteiger charge is 2.47. The van der Waals surface area contributed by atoms with Gasteiger partial charge in [0.05, 0.1) is 5.41 Å². The van der Waals surface area contributed by atoms with E-state index in [0.717, 1.165) is 22.3 Å². The molecule has 0 spiro atoms. The quantitative estimate of drug-likeness (QED) is 0.176. The Morgan fingerprint density at radius 1 is 0.321 bits per heavy atom. The van der Waals surface area contributed by atoms with Crippen LogP contribution in [0.4, 0.5) is 0 Å². The molecule has 0 bridgehead atoms. The van der Waals surface area contributed by atoms with Gasteiger partial charge < -0.3 is 0 Å². The fourth-order valence-electron chi connectivity index (χ4n) is 8.28. The van der Waals surface area contributed by atoms with Crippen LogP contribution in [0.25, 0.3) is 67.2 Å². The van der Waals surface area contributed by atoms with Crippen LogP contribution in [-0.4, -0.2) is 15.0 Å².